The Kier molecular flexibility index (Phi) is 6.35. The van der Waals surface area contributed by atoms with Crippen molar-refractivity contribution in [2.75, 3.05) is 0 Å². The average molecular weight is 151 g/mol. The molecule has 0 aromatic carbocycles. The predicted molar refractivity (Wildman–Crippen MR) is 41.8 cm³/mol. The molecular formula is C7H12NaO2. The maximum Gasteiger partial charge on any atom is 0.330 e. The maximum absolute atomic E-state index is 10.5. The van der Waals surface area contributed by atoms with Crippen LogP contribution in [-0.4, -0.2) is 41.1 Å². The Bertz CT molecular complexity index is 124. The van der Waals surface area contributed by atoms with Gasteiger partial charge in [-0.1, -0.05) is 6.58 Å². The molecule has 0 aliphatic rings. The van der Waals surface area contributed by atoms with Gasteiger partial charge in [0.15, 0.2) is 0 Å². The van der Waals surface area contributed by atoms with Crippen LogP contribution in [-0.2, 0) is 9.53 Å². The molecule has 2 nitrogen and oxygen atoms in total. The van der Waals surface area contributed by atoms with Crippen LogP contribution in [0.4, 0.5) is 0 Å². The van der Waals surface area contributed by atoms with Crippen molar-refractivity contribution in [2.45, 2.75) is 26.4 Å². The summed E-state index contributed by atoms with van der Waals surface area (Å²) >= 11 is 0. The Morgan fingerprint density at radius 1 is 1.50 bits per heavy atom. The van der Waals surface area contributed by atoms with Crippen molar-refractivity contribution in [2.24, 2.45) is 0 Å². The van der Waals surface area contributed by atoms with Gasteiger partial charge in [-0.3, -0.25) is 0 Å². The van der Waals surface area contributed by atoms with Gasteiger partial charge in [0.25, 0.3) is 0 Å². The molecule has 0 amide bonds. The van der Waals surface area contributed by atoms with Crippen molar-refractivity contribution in [3.05, 3.63) is 12.7 Å². The van der Waals surface area contributed by atoms with E-state index in [1.807, 2.05) is 20.8 Å². The molecule has 0 aromatic heterocycles. The number of carbonyl (C=O) groups excluding carboxylic acids is 1. The van der Waals surface area contributed by atoms with Gasteiger partial charge in [-0.15, -0.1) is 0 Å². The molecule has 0 atom stereocenters. The zero-order valence-electron chi connectivity index (χ0n) is 7.10. The summed E-state index contributed by atoms with van der Waals surface area (Å²) in [6.07, 6.45) is 1.16. The van der Waals surface area contributed by atoms with Gasteiger partial charge in [0, 0.05) is 35.6 Å². The number of hydrogen-bond acceptors (Lipinski definition) is 2. The third-order valence-corrected chi connectivity index (χ3v) is 0.573. The summed E-state index contributed by atoms with van der Waals surface area (Å²) in [7, 11) is 0. The second-order valence-corrected chi connectivity index (χ2v) is 2.74. The van der Waals surface area contributed by atoms with Gasteiger partial charge in [0.2, 0.25) is 0 Å². The van der Waals surface area contributed by atoms with Gasteiger partial charge in [-0.2, -0.15) is 0 Å². The first kappa shape index (κ1) is 12.8. The van der Waals surface area contributed by atoms with E-state index in [1.54, 1.807) is 0 Å². The molecule has 0 rings (SSSR count). The molecule has 0 aliphatic heterocycles. The Hall–Kier alpha value is 0.210. The van der Waals surface area contributed by atoms with Crippen LogP contribution < -0.4 is 0 Å². The molecule has 0 saturated carbocycles. The van der Waals surface area contributed by atoms with Crippen LogP contribution in [0.2, 0.25) is 0 Å². The van der Waals surface area contributed by atoms with E-state index in [0.29, 0.717) is 0 Å². The molecular weight excluding hydrogens is 139 g/mol. The third kappa shape index (κ3) is 8.21. The van der Waals surface area contributed by atoms with Gasteiger partial charge in [0.1, 0.15) is 5.60 Å². The first-order chi connectivity index (χ1) is 3.95. The quantitative estimate of drug-likeness (QED) is 0.319. The maximum atomic E-state index is 10.5. The van der Waals surface area contributed by atoms with Crippen LogP contribution in [0.5, 0.6) is 0 Å². The monoisotopic (exact) mass is 151 g/mol. The van der Waals surface area contributed by atoms with E-state index in [1.165, 1.54) is 0 Å². The van der Waals surface area contributed by atoms with Crippen LogP contribution in [0, 0.1) is 0 Å². The molecule has 0 saturated heterocycles. The fourth-order valence-electron chi connectivity index (χ4n) is 0.343. The van der Waals surface area contributed by atoms with Crippen LogP contribution in [0.1, 0.15) is 20.8 Å². The van der Waals surface area contributed by atoms with E-state index in [4.69, 9.17) is 4.74 Å². The van der Waals surface area contributed by atoms with Crippen molar-refractivity contribution in [1.29, 1.82) is 0 Å². The zero-order valence-corrected chi connectivity index (χ0v) is 9.10. The number of ether oxygens (including phenoxy) is 1. The minimum absolute atomic E-state index is 0. The fourth-order valence-corrected chi connectivity index (χ4v) is 0.343. The molecule has 0 fully saturated rings. The third-order valence-electron chi connectivity index (χ3n) is 0.573. The van der Waals surface area contributed by atoms with E-state index < -0.39 is 5.60 Å². The Balaban J connectivity index is 0. The predicted octanol–water partition coefficient (Wildman–Crippen LogP) is 1.13. The van der Waals surface area contributed by atoms with E-state index >= 15 is 0 Å². The Labute approximate surface area is 83.9 Å². The topological polar surface area (TPSA) is 26.3 Å². The summed E-state index contributed by atoms with van der Waals surface area (Å²) in [6.45, 7) is 8.71. The second-order valence-electron chi connectivity index (χ2n) is 2.74. The minimum Gasteiger partial charge on any atom is -0.457 e. The molecule has 1 radical (unpaired) electrons. The number of hydrogen-bond donors (Lipinski definition) is 0. The normalized spacial score (nSPS) is 9.50. The minimum atomic E-state index is -0.398. The van der Waals surface area contributed by atoms with E-state index in [2.05, 4.69) is 6.58 Å². The first-order valence-corrected chi connectivity index (χ1v) is 2.81. The fraction of sp³-hybridized carbons (Fsp3) is 0.571. The molecule has 0 aliphatic carbocycles. The molecule has 10 heavy (non-hydrogen) atoms. The molecule has 0 spiro atoms. The van der Waals surface area contributed by atoms with E-state index in [-0.39, 0.29) is 35.5 Å². The largest absolute Gasteiger partial charge is 0.457 e. The number of rotatable bonds is 1. The van der Waals surface area contributed by atoms with Gasteiger partial charge in [-0.05, 0) is 20.8 Å². The van der Waals surface area contributed by atoms with Crippen molar-refractivity contribution in [3.8, 4) is 0 Å². The summed E-state index contributed by atoms with van der Waals surface area (Å²) in [5, 5.41) is 0. The van der Waals surface area contributed by atoms with Crippen molar-refractivity contribution in [3.63, 3.8) is 0 Å². The zero-order chi connectivity index (χ0) is 7.49. The Morgan fingerprint density at radius 2 is 1.90 bits per heavy atom. The molecule has 0 N–H and O–H groups in total. The van der Waals surface area contributed by atoms with Crippen LogP contribution in [0.25, 0.3) is 0 Å². The van der Waals surface area contributed by atoms with Gasteiger partial charge < -0.3 is 4.74 Å². The van der Waals surface area contributed by atoms with Crippen LogP contribution in [0.3, 0.4) is 0 Å². The van der Waals surface area contributed by atoms with Gasteiger partial charge in [0.05, 0.1) is 0 Å². The summed E-state index contributed by atoms with van der Waals surface area (Å²) < 4.78 is 4.83. The smallest absolute Gasteiger partial charge is 0.330 e. The summed E-state index contributed by atoms with van der Waals surface area (Å²) in [6, 6.07) is 0. The molecule has 53 valence electrons. The van der Waals surface area contributed by atoms with Crippen LogP contribution >= 0.6 is 0 Å². The SMILES string of the molecule is C=CC(=O)OC(C)(C)C.[Na]. The molecule has 0 aromatic rings. The molecule has 0 unspecified atom stereocenters. The second kappa shape index (κ2) is 4.94. The van der Waals surface area contributed by atoms with E-state index in [9.17, 15) is 4.79 Å². The Morgan fingerprint density at radius 3 is 2.00 bits per heavy atom. The summed E-state index contributed by atoms with van der Waals surface area (Å²) in [5.41, 5.74) is -0.398. The molecule has 0 heterocycles. The average Bonchev–Trinajstić information content (AvgIpc) is 1.62. The standard InChI is InChI=1S/C7H12O2.Na/c1-5-6(8)9-7(2,3)4;/h5H,1H2,2-4H3;. The van der Waals surface area contributed by atoms with Gasteiger partial charge >= 0.3 is 5.97 Å². The van der Waals surface area contributed by atoms with Crippen molar-refractivity contribution in [1.82, 2.24) is 0 Å². The van der Waals surface area contributed by atoms with Crippen molar-refractivity contribution < 1.29 is 9.53 Å². The number of carbonyl (C=O) groups is 1. The molecule has 3 heteroatoms. The van der Waals surface area contributed by atoms with Crippen LogP contribution in [0.15, 0.2) is 12.7 Å². The van der Waals surface area contributed by atoms with Crippen molar-refractivity contribution >= 4 is 35.5 Å². The summed E-state index contributed by atoms with van der Waals surface area (Å²) in [5.74, 6) is -0.373. The summed E-state index contributed by atoms with van der Waals surface area (Å²) in [4.78, 5) is 10.5. The first-order valence-electron chi connectivity index (χ1n) is 2.81. The van der Waals surface area contributed by atoms with Gasteiger partial charge in [-0.25, -0.2) is 4.79 Å². The molecule has 0 bridgehead atoms. The van der Waals surface area contributed by atoms with E-state index in [0.717, 1.165) is 6.08 Å². The number of esters is 1.